The van der Waals surface area contributed by atoms with E-state index in [4.69, 9.17) is 22.1 Å². The maximum atomic E-state index is 5.77. The highest BCUT2D eigenvalue weighted by atomic mass is 35.5. The molecule has 78 valence electrons. The van der Waals surface area contributed by atoms with E-state index >= 15 is 0 Å². The molecule has 0 spiro atoms. The maximum Gasteiger partial charge on any atom is 0.0737 e. The minimum absolute atomic E-state index is 0.532. The summed E-state index contributed by atoms with van der Waals surface area (Å²) >= 11 is 5.77. The molecule has 0 saturated heterocycles. The number of halogens is 1. The van der Waals surface area contributed by atoms with Gasteiger partial charge >= 0.3 is 0 Å². The fraction of sp³-hybridized carbons (Fsp3) is 0.400. The van der Waals surface area contributed by atoms with Crippen LogP contribution < -0.4 is 11.1 Å². The fourth-order valence-corrected chi connectivity index (χ4v) is 1.23. The van der Waals surface area contributed by atoms with Gasteiger partial charge in [-0.2, -0.15) is 0 Å². The Morgan fingerprint density at radius 1 is 1.50 bits per heavy atom. The number of benzene rings is 1. The van der Waals surface area contributed by atoms with Crippen molar-refractivity contribution in [2.24, 2.45) is 0 Å². The molecule has 14 heavy (non-hydrogen) atoms. The summed E-state index contributed by atoms with van der Waals surface area (Å²) in [5.74, 6) is 0. The first-order valence-corrected chi connectivity index (χ1v) is 4.88. The molecule has 0 amide bonds. The SMILES string of the molecule is CNCCOCc1ccc(Cl)cc1N. The van der Waals surface area contributed by atoms with Gasteiger partial charge in [0.05, 0.1) is 13.2 Å². The van der Waals surface area contributed by atoms with Gasteiger partial charge in [-0.1, -0.05) is 17.7 Å². The van der Waals surface area contributed by atoms with Crippen molar-refractivity contribution in [3.05, 3.63) is 28.8 Å². The third kappa shape index (κ3) is 3.54. The minimum atomic E-state index is 0.532. The van der Waals surface area contributed by atoms with Gasteiger partial charge in [0.1, 0.15) is 0 Å². The van der Waals surface area contributed by atoms with Crippen molar-refractivity contribution in [2.75, 3.05) is 25.9 Å². The molecule has 0 bridgehead atoms. The van der Waals surface area contributed by atoms with Crippen LogP contribution in [0.2, 0.25) is 5.02 Å². The van der Waals surface area contributed by atoms with E-state index in [1.807, 2.05) is 19.2 Å². The lowest BCUT2D eigenvalue weighted by molar-refractivity contribution is 0.124. The average molecular weight is 215 g/mol. The van der Waals surface area contributed by atoms with Crippen LogP contribution in [0.4, 0.5) is 5.69 Å². The van der Waals surface area contributed by atoms with Crippen molar-refractivity contribution in [1.29, 1.82) is 0 Å². The molecule has 0 heterocycles. The second-order valence-corrected chi connectivity index (χ2v) is 3.44. The molecule has 4 heteroatoms. The first kappa shape index (κ1) is 11.3. The number of likely N-dealkylation sites (N-methyl/N-ethyl adjacent to an activating group) is 1. The van der Waals surface area contributed by atoms with Gasteiger partial charge in [-0.3, -0.25) is 0 Å². The Bertz CT molecular complexity index is 291. The first-order valence-electron chi connectivity index (χ1n) is 4.50. The predicted octanol–water partition coefficient (Wildman–Crippen LogP) is 1.66. The van der Waals surface area contributed by atoms with Crippen molar-refractivity contribution < 1.29 is 4.74 Å². The van der Waals surface area contributed by atoms with Crippen LogP contribution in [0.25, 0.3) is 0 Å². The van der Waals surface area contributed by atoms with Gasteiger partial charge in [0.2, 0.25) is 0 Å². The van der Waals surface area contributed by atoms with E-state index in [0.717, 1.165) is 12.1 Å². The van der Waals surface area contributed by atoms with Gasteiger partial charge in [0.25, 0.3) is 0 Å². The lowest BCUT2D eigenvalue weighted by Crippen LogP contribution is -2.14. The molecular weight excluding hydrogens is 200 g/mol. The van der Waals surface area contributed by atoms with Crippen LogP contribution >= 0.6 is 11.6 Å². The molecule has 1 aromatic rings. The predicted molar refractivity (Wildman–Crippen MR) is 59.4 cm³/mol. The fourth-order valence-electron chi connectivity index (χ4n) is 1.05. The standard InChI is InChI=1S/C10H15ClN2O/c1-13-4-5-14-7-8-2-3-9(11)6-10(8)12/h2-3,6,13H,4-5,7,12H2,1H3. The Labute approximate surface area is 89.2 Å². The molecule has 1 aromatic carbocycles. The number of hydrogen-bond acceptors (Lipinski definition) is 3. The van der Waals surface area contributed by atoms with E-state index in [1.165, 1.54) is 0 Å². The molecule has 0 saturated carbocycles. The molecule has 0 unspecified atom stereocenters. The number of nitrogen functional groups attached to an aromatic ring is 1. The monoisotopic (exact) mass is 214 g/mol. The zero-order valence-electron chi connectivity index (χ0n) is 8.22. The molecular formula is C10H15ClN2O. The highest BCUT2D eigenvalue weighted by molar-refractivity contribution is 6.30. The van der Waals surface area contributed by atoms with Crippen LogP contribution in [0.3, 0.4) is 0 Å². The quantitative estimate of drug-likeness (QED) is 0.579. The van der Waals surface area contributed by atoms with E-state index < -0.39 is 0 Å². The van der Waals surface area contributed by atoms with Gasteiger partial charge < -0.3 is 15.8 Å². The number of nitrogens with two attached hydrogens (primary N) is 1. The van der Waals surface area contributed by atoms with Crippen molar-refractivity contribution >= 4 is 17.3 Å². The van der Waals surface area contributed by atoms with Crippen molar-refractivity contribution in [3.8, 4) is 0 Å². The Morgan fingerprint density at radius 3 is 2.93 bits per heavy atom. The summed E-state index contributed by atoms with van der Waals surface area (Å²) in [7, 11) is 1.89. The van der Waals surface area contributed by atoms with Crippen LogP contribution in [0.15, 0.2) is 18.2 Å². The average Bonchev–Trinajstić information content (AvgIpc) is 2.15. The summed E-state index contributed by atoms with van der Waals surface area (Å²) in [5, 5.41) is 3.65. The van der Waals surface area contributed by atoms with E-state index in [2.05, 4.69) is 5.32 Å². The van der Waals surface area contributed by atoms with Gasteiger partial charge in [-0.25, -0.2) is 0 Å². The summed E-state index contributed by atoms with van der Waals surface area (Å²) in [6.07, 6.45) is 0. The lowest BCUT2D eigenvalue weighted by atomic mass is 10.2. The first-order chi connectivity index (χ1) is 6.74. The molecule has 3 N–H and O–H groups in total. The number of ether oxygens (including phenoxy) is 1. The lowest BCUT2D eigenvalue weighted by Gasteiger charge is -2.07. The molecule has 0 radical (unpaired) electrons. The molecule has 0 fully saturated rings. The maximum absolute atomic E-state index is 5.77. The summed E-state index contributed by atoms with van der Waals surface area (Å²) in [6, 6.07) is 5.43. The smallest absolute Gasteiger partial charge is 0.0737 e. The van der Waals surface area contributed by atoms with Crippen molar-refractivity contribution in [1.82, 2.24) is 5.32 Å². The van der Waals surface area contributed by atoms with E-state index in [-0.39, 0.29) is 0 Å². The second kappa shape index (κ2) is 5.86. The summed E-state index contributed by atoms with van der Waals surface area (Å²) in [4.78, 5) is 0. The van der Waals surface area contributed by atoms with Crippen molar-refractivity contribution in [2.45, 2.75) is 6.61 Å². The number of anilines is 1. The highest BCUT2D eigenvalue weighted by Gasteiger charge is 1.99. The molecule has 1 rings (SSSR count). The second-order valence-electron chi connectivity index (χ2n) is 3.00. The Hall–Kier alpha value is -0.770. The van der Waals surface area contributed by atoms with Gasteiger partial charge in [0, 0.05) is 22.8 Å². The zero-order valence-corrected chi connectivity index (χ0v) is 8.97. The normalized spacial score (nSPS) is 10.4. The van der Waals surface area contributed by atoms with Crippen LogP contribution in [0.1, 0.15) is 5.56 Å². The van der Waals surface area contributed by atoms with E-state index in [0.29, 0.717) is 23.9 Å². The summed E-state index contributed by atoms with van der Waals surface area (Å²) in [6.45, 7) is 2.05. The molecule has 0 aromatic heterocycles. The summed E-state index contributed by atoms with van der Waals surface area (Å²) in [5.41, 5.74) is 7.42. The van der Waals surface area contributed by atoms with E-state index in [1.54, 1.807) is 6.07 Å². The third-order valence-corrected chi connectivity index (χ3v) is 2.10. The highest BCUT2D eigenvalue weighted by Crippen LogP contribution is 2.18. The largest absolute Gasteiger partial charge is 0.398 e. The third-order valence-electron chi connectivity index (χ3n) is 1.86. The Morgan fingerprint density at radius 2 is 2.29 bits per heavy atom. The topological polar surface area (TPSA) is 47.3 Å². The number of hydrogen-bond donors (Lipinski definition) is 2. The van der Waals surface area contributed by atoms with Crippen LogP contribution in [0, 0.1) is 0 Å². The van der Waals surface area contributed by atoms with Crippen LogP contribution in [-0.2, 0) is 11.3 Å². The summed E-state index contributed by atoms with van der Waals surface area (Å²) < 4.78 is 5.40. The number of nitrogens with one attached hydrogen (secondary N) is 1. The van der Waals surface area contributed by atoms with Gasteiger partial charge in [-0.05, 0) is 19.2 Å². The zero-order chi connectivity index (χ0) is 10.4. The molecule has 0 aliphatic rings. The van der Waals surface area contributed by atoms with Gasteiger partial charge in [-0.15, -0.1) is 0 Å². The van der Waals surface area contributed by atoms with E-state index in [9.17, 15) is 0 Å². The van der Waals surface area contributed by atoms with Crippen molar-refractivity contribution in [3.63, 3.8) is 0 Å². The van der Waals surface area contributed by atoms with Crippen LogP contribution in [0.5, 0.6) is 0 Å². The Kier molecular flexibility index (Phi) is 4.73. The Balaban J connectivity index is 2.42. The van der Waals surface area contributed by atoms with Gasteiger partial charge in [0.15, 0.2) is 0 Å². The molecule has 0 aliphatic carbocycles. The number of rotatable bonds is 5. The molecule has 0 atom stereocenters. The van der Waals surface area contributed by atoms with Crippen LogP contribution in [-0.4, -0.2) is 20.2 Å². The minimum Gasteiger partial charge on any atom is -0.398 e. The molecule has 3 nitrogen and oxygen atoms in total. The molecule has 0 aliphatic heterocycles.